The lowest BCUT2D eigenvalue weighted by molar-refractivity contribution is -0.383. The van der Waals surface area contributed by atoms with Gasteiger partial charge in [0.25, 0.3) is 11.2 Å². The van der Waals surface area contributed by atoms with E-state index in [2.05, 4.69) is 9.97 Å². The molecule has 3 rings (SSSR count). The quantitative estimate of drug-likeness (QED) is 0.518. The summed E-state index contributed by atoms with van der Waals surface area (Å²) < 4.78 is 38.5. The molecule has 0 N–H and O–H groups in total. The van der Waals surface area contributed by atoms with Crippen LogP contribution in [-0.4, -0.2) is 14.9 Å². The molecular formula is C14H6F3N3O3S. The number of rotatable bonds is 2. The van der Waals surface area contributed by atoms with E-state index in [-0.39, 0.29) is 9.71 Å². The lowest BCUT2D eigenvalue weighted by Gasteiger charge is -2.08. The van der Waals surface area contributed by atoms with Gasteiger partial charge in [0, 0.05) is 12.3 Å². The molecule has 0 aliphatic rings. The average Bonchev–Trinajstić information content (AvgIpc) is 2.53. The summed E-state index contributed by atoms with van der Waals surface area (Å²) in [5.74, 6) is 0. The van der Waals surface area contributed by atoms with Gasteiger partial charge in [0.15, 0.2) is 0 Å². The molecule has 2 heterocycles. The van der Waals surface area contributed by atoms with Crippen molar-refractivity contribution in [3.05, 3.63) is 62.6 Å². The number of aromatic nitrogens is 2. The smallest absolute Gasteiger partial charge is 0.267 e. The number of non-ortho nitro benzene ring substituents is 1. The molecule has 0 fully saturated rings. The fourth-order valence-electron chi connectivity index (χ4n) is 2.05. The van der Waals surface area contributed by atoms with E-state index < -0.39 is 33.3 Å². The van der Waals surface area contributed by atoms with Crippen LogP contribution < -0.4 is 5.56 Å². The Bertz CT molecular complexity index is 1000. The van der Waals surface area contributed by atoms with Crippen molar-refractivity contribution in [2.24, 2.45) is 0 Å². The molecular weight excluding hydrogens is 347 g/mol. The Kier molecular flexibility index (Phi) is 3.76. The van der Waals surface area contributed by atoms with Crippen LogP contribution in [0, 0.1) is 10.1 Å². The number of hydrogen-bond donors (Lipinski definition) is 0. The van der Waals surface area contributed by atoms with Crippen LogP contribution >= 0.6 is 11.3 Å². The van der Waals surface area contributed by atoms with Gasteiger partial charge in [0.2, 0.25) is 0 Å². The van der Waals surface area contributed by atoms with E-state index in [1.54, 1.807) is 18.2 Å². The highest BCUT2D eigenvalue weighted by atomic mass is 32.1. The molecule has 0 saturated carbocycles. The van der Waals surface area contributed by atoms with E-state index in [1.165, 1.54) is 6.20 Å². The van der Waals surface area contributed by atoms with Gasteiger partial charge in [-0.15, -0.1) is 11.3 Å². The highest BCUT2D eigenvalue weighted by molar-refractivity contribution is 7.21. The molecule has 0 amide bonds. The highest BCUT2D eigenvalue weighted by Gasteiger charge is 2.34. The van der Waals surface area contributed by atoms with Crippen LogP contribution in [0.3, 0.4) is 0 Å². The van der Waals surface area contributed by atoms with Gasteiger partial charge in [-0.25, -0.2) is 0 Å². The summed E-state index contributed by atoms with van der Waals surface area (Å²) in [6.45, 7) is 0. The van der Waals surface area contributed by atoms with E-state index >= 15 is 0 Å². The monoisotopic (exact) mass is 353 g/mol. The number of pyridine rings is 1. The Morgan fingerprint density at radius 3 is 2.54 bits per heavy atom. The van der Waals surface area contributed by atoms with Gasteiger partial charge in [-0.2, -0.15) is 18.2 Å². The predicted molar refractivity (Wildman–Crippen MR) is 80.8 cm³/mol. The zero-order valence-corrected chi connectivity index (χ0v) is 12.4. The Balaban J connectivity index is 2.37. The lowest BCUT2D eigenvalue weighted by Crippen LogP contribution is -2.11. The maximum atomic E-state index is 12.9. The van der Waals surface area contributed by atoms with Crippen LogP contribution in [0.2, 0.25) is 0 Å². The first kappa shape index (κ1) is 16.0. The minimum absolute atomic E-state index is 0.0935. The van der Waals surface area contributed by atoms with E-state index in [0.29, 0.717) is 17.8 Å². The van der Waals surface area contributed by atoms with Crippen molar-refractivity contribution in [3.63, 3.8) is 0 Å². The van der Waals surface area contributed by atoms with E-state index in [9.17, 15) is 28.1 Å². The molecule has 0 bridgehead atoms. The molecule has 0 aliphatic carbocycles. The third-order valence-corrected chi connectivity index (χ3v) is 4.24. The van der Waals surface area contributed by atoms with Crippen molar-refractivity contribution in [1.82, 2.24) is 9.97 Å². The van der Waals surface area contributed by atoms with Gasteiger partial charge in [-0.1, -0.05) is 6.07 Å². The Morgan fingerprint density at radius 2 is 1.96 bits per heavy atom. The summed E-state index contributed by atoms with van der Waals surface area (Å²) in [5, 5.41) is 10.8. The summed E-state index contributed by atoms with van der Waals surface area (Å²) >= 11 is 0.746. The summed E-state index contributed by atoms with van der Waals surface area (Å²) in [5.41, 5.74) is -2.73. The molecule has 6 nitrogen and oxygen atoms in total. The van der Waals surface area contributed by atoms with E-state index in [4.69, 9.17) is 0 Å². The molecule has 122 valence electrons. The molecule has 0 unspecified atom stereocenters. The first-order valence-electron chi connectivity index (χ1n) is 6.39. The van der Waals surface area contributed by atoms with E-state index in [0.717, 1.165) is 11.3 Å². The summed E-state index contributed by atoms with van der Waals surface area (Å²) in [6.07, 6.45) is -3.37. The number of hydrogen-bond acceptors (Lipinski definition) is 6. The van der Waals surface area contributed by atoms with Gasteiger partial charge in [0.05, 0.1) is 21.6 Å². The molecule has 3 aromatic rings. The standard InChI is InChI=1S/C14H6F3N3O3S/c15-14(16,17)7-5-8-11(10(6-7)20(22)23)24-13(19-12(8)21)9-3-1-2-4-18-9/h1-6H. The first-order valence-corrected chi connectivity index (χ1v) is 7.21. The van der Waals surface area contributed by atoms with Crippen LogP contribution in [-0.2, 0) is 6.18 Å². The Labute approximate surface area is 135 Å². The van der Waals surface area contributed by atoms with Gasteiger partial charge >= 0.3 is 6.18 Å². The summed E-state index contributed by atoms with van der Waals surface area (Å²) in [6, 6.07) is 5.80. The second kappa shape index (κ2) is 5.64. The minimum atomic E-state index is -4.81. The van der Waals surface area contributed by atoms with Gasteiger partial charge in [-0.05, 0) is 18.2 Å². The van der Waals surface area contributed by atoms with Crippen molar-refractivity contribution >= 4 is 27.1 Å². The minimum Gasteiger partial charge on any atom is -0.267 e. The number of alkyl halides is 3. The maximum Gasteiger partial charge on any atom is 0.416 e. The normalized spacial score (nSPS) is 11.6. The average molecular weight is 353 g/mol. The molecule has 0 atom stereocenters. The second-order valence-corrected chi connectivity index (χ2v) is 5.67. The molecule has 2 aromatic heterocycles. The van der Waals surface area contributed by atoms with Crippen molar-refractivity contribution in [3.8, 4) is 10.7 Å². The summed E-state index contributed by atoms with van der Waals surface area (Å²) in [4.78, 5) is 30.0. The van der Waals surface area contributed by atoms with Gasteiger partial charge in [0.1, 0.15) is 9.71 Å². The van der Waals surface area contributed by atoms with Gasteiger partial charge < -0.3 is 0 Å². The van der Waals surface area contributed by atoms with Crippen LogP contribution in [0.1, 0.15) is 5.56 Å². The third kappa shape index (κ3) is 2.83. The first-order chi connectivity index (χ1) is 11.3. The third-order valence-electron chi connectivity index (χ3n) is 3.11. The van der Waals surface area contributed by atoms with Crippen LogP contribution in [0.5, 0.6) is 0 Å². The summed E-state index contributed by atoms with van der Waals surface area (Å²) in [7, 11) is 0. The topological polar surface area (TPSA) is 86.0 Å². The van der Waals surface area contributed by atoms with Crippen molar-refractivity contribution in [2.45, 2.75) is 6.18 Å². The van der Waals surface area contributed by atoms with Crippen LogP contribution in [0.4, 0.5) is 18.9 Å². The fourth-order valence-corrected chi connectivity index (χ4v) is 3.09. The Morgan fingerprint density at radius 1 is 1.21 bits per heavy atom. The second-order valence-electron chi connectivity index (χ2n) is 4.67. The SMILES string of the molecule is O=c1nc(-c2ccccn2)sc2c([N+](=O)[O-])cc(C(F)(F)F)cc12. The number of nitro groups is 1. The van der Waals surface area contributed by atoms with Crippen LogP contribution in [0.15, 0.2) is 41.3 Å². The number of halogens is 3. The maximum absolute atomic E-state index is 12.9. The molecule has 0 radical (unpaired) electrons. The molecule has 24 heavy (non-hydrogen) atoms. The Hall–Kier alpha value is -2.88. The predicted octanol–water partition coefficient (Wildman–Crippen LogP) is 3.65. The van der Waals surface area contributed by atoms with Crippen LogP contribution in [0.25, 0.3) is 20.8 Å². The van der Waals surface area contributed by atoms with Crippen molar-refractivity contribution < 1.29 is 18.1 Å². The van der Waals surface area contributed by atoms with Crippen molar-refractivity contribution in [1.29, 1.82) is 0 Å². The fraction of sp³-hybridized carbons (Fsp3) is 0.0714. The molecule has 0 aliphatic heterocycles. The lowest BCUT2D eigenvalue weighted by atomic mass is 10.1. The zero-order chi connectivity index (χ0) is 17.5. The highest BCUT2D eigenvalue weighted by Crippen LogP contribution is 2.38. The molecule has 0 spiro atoms. The molecule has 10 heteroatoms. The number of fused-ring (bicyclic) bond motifs is 1. The van der Waals surface area contributed by atoms with Gasteiger partial charge in [-0.3, -0.25) is 19.9 Å². The number of nitro benzene ring substituents is 1. The van der Waals surface area contributed by atoms with Crippen molar-refractivity contribution in [2.75, 3.05) is 0 Å². The van der Waals surface area contributed by atoms with E-state index in [1.807, 2.05) is 0 Å². The number of benzene rings is 1. The zero-order valence-electron chi connectivity index (χ0n) is 11.6. The molecule has 0 saturated heterocycles. The number of nitrogens with zero attached hydrogens (tertiary/aromatic N) is 3. The molecule has 1 aromatic carbocycles. The largest absolute Gasteiger partial charge is 0.416 e.